The van der Waals surface area contributed by atoms with E-state index in [2.05, 4.69) is 6.07 Å². The third kappa shape index (κ3) is 3.30. The minimum atomic E-state index is -0.294. The van der Waals surface area contributed by atoms with Crippen LogP contribution in [0.2, 0.25) is 10.0 Å². The highest BCUT2D eigenvalue weighted by atomic mass is 35.5. The molecule has 5 heteroatoms. The highest BCUT2D eigenvalue weighted by Gasteiger charge is 2.36. The van der Waals surface area contributed by atoms with Crippen molar-refractivity contribution in [2.45, 2.75) is 25.2 Å². The van der Waals surface area contributed by atoms with E-state index in [1.807, 2.05) is 54.6 Å². The van der Waals surface area contributed by atoms with E-state index in [0.717, 1.165) is 47.3 Å². The van der Waals surface area contributed by atoms with Gasteiger partial charge in [-0.1, -0.05) is 59.6 Å². The molecule has 140 valence electrons. The van der Waals surface area contributed by atoms with Gasteiger partial charge in [-0.3, -0.25) is 0 Å². The molecule has 0 spiro atoms. The van der Waals surface area contributed by atoms with Crippen LogP contribution in [-0.4, -0.2) is 0 Å². The van der Waals surface area contributed by atoms with Gasteiger partial charge in [0.05, 0.1) is 5.92 Å². The van der Waals surface area contributed by atoms with E-state index in [1.165, 1.54) is 0 Å². The predicted octanol–water partition coefficient (Wildman–Crippen LogP) is 6.32. The fourth-order valence-corrected chi connectivity index (χ4v) is 4.32. The lowest BCUT2D eigenvalue weighted by Gasteiger charge is -2.33. The fraction of sp³-hybridized carbons (Fsp3) is 0.174. The van der Waals surface area contributed by atoms with Gasteiger partial charge in [-0.05, 0) is 59.7 Å². The van der Waals surface area contributed by atoms with E-state index >= 15 is 0 Å². The van der Waals surface area contributed by atoms with Crippen molar-refractivity contribution in [2.75, 3.05) is 0 Å². The third-order valence-corrected chi connectivity index (χ3v) is 5.85. The summed E-state index contributed by atoms with van der Waals surface area (Å²) in [6.07, 6.45) is 4.68. The Kier molecular flexibility index (Phi) is 5.17. The number of ether oxygens (including phenoxy) is 1. The van der Waals surface area contributed by atoms with Crippen molar-refractivity contribution < 1.29 is 4.74 Å². The van der Waals surface area contributed by atoms with Gasteiger partial charge in [0.1, 0.15) is 17.4 Å². The first-order valence-electron chi connectivity index (χ1n) is 9.10. The second kappa shape index (κ2) is 7.75. The Hall–Kier alpha value is -2.67. The van der Waals surface area contributed by atoms with Gasteiger partial charge in [0.15, 0.2) is 0 Å². The van der Waals surface area contributed by atoms with Crippen molar-refractivity contribution in [1.29, 1.82) is 5.26 Å². The molecule has 1 aliphatic carbocycles. The Labute approximate surface area is 174 Å². The average Bonchev–Trinajstić information content (AvgIpc) is 2.70. The maximum Gasteiger partial charge on any atom is 0.205 e. The Balaban J connectivity index is 1.88. The first-order valence-corrected chi connectivity index (χ1v) is 9.86. The third-order valence-electron chi connectivity index (χ3n) is 5.16. The number of allylic oxidation sites excluding steroid dienone is 3. The SMILES string of the molecule is N#CC1=C(N)OC2=C(CCC/C2=C\c2ccccc2Cl)C1c1ccccc1Cl. The number of rotatable bonds is 2. The number of benzene rings is 2. The monoisotopic (exact) mass is 408 g/mol. The van der Waals surface area contributed by atoms with Crippen molar-refractivity contribution in [3.05, 3.63) is 98.1 Å². The largest absolute Gasteiger partial charge is 0.440 e. The molecule has 4 rings (SSSR count). The lowest BCUT2D eigenvalue weighted by atomic mass is 9.77. The highest BCUT2D eigenvalue weighted by molar-refractivity contribution is 6.32. The van der Waals surface area contributed by atoms with Gasteiger partial charge in [0.2, 0.25) is 5.88 Å². The number of nitriles is 1. The number of hydrogen-bond donors (Lipinski definition) is 1. The zero-order valence-corrected chi connectivity index (χ0v) is 16.6. The van der Waals surface area contributed by atoms with E-state index in [9.17, 15) is 5.26 Å². The number of hydrogen-bond acceptors (Lipinski definition) is 3. The molecule has 0 aromatic heterocycles. The molecule has 0 saturated carbocycles. The summed E-state index contributed by atoms with van der Waals surface area (Å²) in [5.74, 6) is 0.586. The molecule has 28 heavy (non-hydrogen) atoms. The second-order valence-corrected chi connectivity index (χ2v) is 7.66. The average molecular weight is 409 g/mol. The molecular weight excluding hydrogens is 391 g/mol. The summed E-state index contributed by atoms with van der Waals surface area (Å²) in [4.78, 5) is 0. The summed E-state index contributed by atoms with van der Waals surface area (Å²) in [5, 5.41) is 11.0. The lowest BCUT2D eigenvalue weighted by molar-refractivity contribution is 0.277. The Morgan fingerprint density at radius 3 is 2.46 bits per heavy atom. The van der Waals surface area contributed by atoms with E-state index in [-0.39, 0.29) is 11.8 Å². The zero-order chi connectivity index (χ0) is 19.7. The fourth-order valence-electron chi connectivity index (χ4n) is 3.88. The molecule has 0 amide bonds. The van der Waals surface area contributed by atoms with Crippen LogP contribution in [0.15, 0.2) is 76.9 Å². The summed E-state index contributed by atoms with van der Waals surface area (Å²) >= 11 is 12.8. The molecule has 3 nitrogen and oxygen atoms in total. The summed E-state index contributed by atoms with van der Waals surface area (Å²) in [6, 6.07) is 17.5. The Morgan fingerprint density at radius 2 is 1.75 bits per heavy atom. The highest BCUT2D eigenvalue weighted by Crippen LogP contribution is 2.48. The quantitative estimate of drug-likeness (QED) is 0.631. The van der Waals surface area contributed by atoms with Crippen molar-refractivity contribution >= 4 is 29.3 Å². The maximum atomic E-state index is 9.75. The first-order chi connectivity index (χ1) is 13.6. The van der Waals surface area contributed by atoms with Crippen LogP contribution in [0.1, 0.15) is 36.3 Å². The summed E-state index contributed by atoms with van der Waals surface area (Å²) < 4.78 is 5.97. The molecular formula is C23H18Cl2N2O. The van der Waals surface area contributed by atoms with Gasteiger partial charge in [-0.25, -0.2) is 0 Å². The molecule has 1 aliphatic heterocycles. The van der Waals surface area contributed by atoms with Crippen LogP contribution in [-0.2, 0) is 4.74 Å². The molecule has 2 aromatic carbocycles. The summed E-state index contributed by atoms with van der Waals surface area (Å²) in [7, 11) is 0. The van der Waals surface area contributed by atoms with Gasteiger partial charge >= 0.3 is 0 Å². The number of halogens is 2. The van der Waals surface area contributed by atoms with E-state index in [4.69, 9.17) is 33.7 Å². The molecule has 2 aromatic rings. The van der Waals surface area contributed by atoms with Crippen LogP contribution in [0.5, 0.6) is 0 Å². The predicted molar refractivity (Wildman–Crippen MR) is 112 cm³/mol. The molecule has 2 N–H and O–H groups in total. The maximum absolute atomic E-state index is 9.75. The minimum absolute atomic E-state index is 0.137. The molecule has 1 unspecified atom stereocenters. The number of nitrogens with two attached hydrogens (primary N) is 1. The van der Waals surface area contributed by atoms with Crippen LogP contribution in [0.25, 0.3) is 6.08 Å². The van der Waals surface area contributed by atoms with Crippen LogP contribution >= 0.6 is 23.2 Å². The molecule has 1 atom stereocenters. The van der Waals surface area contributed by atoms with Crippen molar-refractivity contribution in [3.8, 4) is 6.07 Å². The minimum Gasteiger partial charge on any atom is -0.440 e. The Morgan fingerprint density at radius 1 is 1.04 bits per heavy atom. The first kappa shape index (κ1) is 18.7. The molecule has 0 radical (unpaired) electrons. The smallest absolute Gasteiger partial charge is 0.205 e. The topological polar surface area (TPSA) is 59.0 Å². The lowest BCUT2D eigenvalue weighted by Crippen LogP contribution is -2.24. The van der Waals surface area contributed by atoms with Gasteiger partial charge < -0.3 is 10.5 Å². The second-order valence-electron chi connectivity index (χ2n) is 6.85. The Bertz CT molecular complexity index is 1080. The molecule has 0 bridgehead atoms. The van der Waals surface area contributed by atoms with Gasteiger partial charge in [-0.15, -0.1) is 0 Å². The van der Waals surface area contributed by atoms with Crippen LogP contribution < -0.4 is 5.73 Å². The number of nitrogens with zero attached hydrogens (tertiary/aromatic N) is 1. The molecule has 2 aliphatic rings. The van der Waals surface area contributed by atoms with E-state index in [1.54, 1.807) is 0 Å². The summed E-state index contributed by atoms with van der Waals surface area (Å²) in [5.41, 5.74) is 10.5. The molecule has 1 heterocycles. The van der Waals surface area contributed by atoms with Crippen molar-refractivity contribution in [1.82, 2.24) is 0 Å². The van der Waals surface area contributed by atoms with Crippen LogP contribution in [0.3, 0.4) is 0 Å². The zero-order valence-electron chi connectivity index (χ0n) is 15.1. The van der Waals surface area contributed by atoms with Crippen LogP contribution in [0, 0.1) is 11.3 Å². The van der Waals surface area contributed by atoms with E-state index < -0.39 is 0 Å². The molecule has 0 fully saturated rings. The normalized spacial score (nSPS) is 20.6. The standard InChI is InChI=1S/C23H18Cl2N2O/c24-19-10-3-1-6-14(19)12-15-7-5-9-17-21(16-8-2-4-11-20(16)25)18(13-26)23(27)28-22(15)17/h1-4,6,8,10-12,21H,5,7,9,27H2/b15-12+. The van der Waals surface area contributed by atoms with Gasteiger partial charge in [0, 0.05) is 10.0 Å². The van der Waals surface area contributed by atoms with Crippen LogP contribution in [0.4, 0.5) is 0 Å². The van der Waals surface area contributed by atoms with Crippen molar-refractivity contribution in [3.63, 3.8) is 0 Å². The van der Waals surface area contributed by atoms with Gasteiger partial charge in [0.25, 0.3) is 0 Å². The molecule has 0 saturated heterocycles. The van der Waals surface area contributed by atoms with E-state index in [0.29, 0.717) is 15.6 Å². The van der Waals surface area contributed by atoms with Gasteiger partial charge in [-0.2, -0.15) is 5.26 Å². The summed E-state index contributed by atoms with van der Waals surface area (Å²) in [6.45, 7) is 0. The van der Waals surface area contributed by atoms with Crippen molar-refractivity contribution in [2.24, 2.45) is 5.73 Å².